The van der Waals surface area contributed by atoms with Gasteiger partial charge < -0.3 is 0 Å². The molecular weight excluding hydrogens is 326 g/mol. The Labute approximate surface area is 127 Å². The molecular formula is C15H13AsCl2. The Morgan fingerprint density at radius 2 is 1.67 bits per heavy atom. The second-order valence-corrected chi connectivity index (χ2v) is 7.45. The second kappa shape index (κ2) is 5.70. The molecule has 0 aliphatic carbocycles. The first-order chi connectivity index (χ1) is 8.49. The summed E-state index contributed by atoms with van der Waals surface area (Å²) < 4.78 is -0.0252. The van der Waals surface area contributed by atoms with Crippen LogP contribution in [0.4, 0.5) is 0 Å². The molecule has 3 heteroatoms. The number of hydrogen-bond acceptors (Lipinski definition) is 0. The molecule has 0 spiro atoms. The summed E-state index contributed by atoms with van der Waals surface area (Å²) in [5.41, 5.74) is 2.49. The molecule has 0 N–H and O–H groups in total. The van der Waals surface area contributed by atoms with Crippen molar-refractivity contribution in [2.75, 3.05) is 0 Å². The van der Waals surface area contributed by atoms with Crippen LogP contribution in [0.5, 0.6) is 0 Å². The third-order valence-electron chi connectivity index (χ3n) is 2.93. The van der Waals surface area contributed by atoms with Gasteiger partial charge in [-0.2, -0.15) is 0 Å². The summed E-state index contributed by atoms with van der Waals surface area (Å²) >= 11 is 14.8. The third-order valence-corrected chi connectivity index (χ3v) is 4.55. The molecule has 0 nitrogen and oxygen atoms in total. The van der Waals surface area contributed by atoms with Crippen LogP contribution in [0.25, 0.3) is 0 Å². The van der Waals surface area contributed by atoms with E-state index >= 15 is 0 Å². The summed E-state index contributed by atoms with van der Waals surface area (Å²) in [4.78, 5) is 0. The van der Waals surface area contributed by atoms with E-state index in [2.05, 4.69) is 48.0 Å². The summed E-state index contributed by atoms with van der Waals surface area (Å²) in [6.07, 6.45) is 0.950. The van der Waals surface area contributed by atoms with E-state index < -0.39 is 0 Å². The fourth-order valence-corrected chi connectivity index (χ4v) is 2.90. The van der Waals surface area contributed by atoms with Crippen molar-refractivity contribution in [1.82, 2.24) is 0 Å². The van der Waals surface area contributed by atoms with E-state index in [0.717, 1.165) is 6.42 Å². The van der Waals surface area contributed by atoms with Gasteiger partial charge in [0, 0.05) is 0 Å². The van der Waals surface area contributed by atoms with Crippen molar-refractivity contribution >= 4 is 40.1 Å². The zero-order valence-corrected chi connectivity index (χ0v) is 13.4. The predicted octanol–water partition coefficient (Wildman–Crippen LogP) is 4.62. The van der Waals surface area contributed by atoms with Crippen molar-refractivity contribution in [3.8, 4) is 0 Å². The zero-order valence-electron chi connectivity index (χ0n) is 10.0. The Balaban J connectivity index is 2.27. The molecule has 0 aliphatic rings. The summed E-state index contributed by atoms with van der Waals surface area (Å²) in [6, 6.07) is 16.3. The third kappa shape index (κ3) is 3.32. The SMILES string of the molecule is CC([As])(Cc1ccccc1)c1ccc(Cl)c(Cl)c1. The molecule has 18 heavy (non-hydrogen) atoms. The quantitative estimate of drug-likeness (QED) is 0.716. The van der Waals surface area contributed by atoms with E-state index in [1.54, 1.807) is 0 Å². The Kier molecular flexibility index (Phi) is 4.43. The maximum absolute atomic E-state index is 6.08. The van der Waals surface area contributed by atoms with Crippen molar-refractivity contribution in [2.45, 2.75) is 17.5 Å². The number of hydrogen-bond donors (Lipinski definition) is 0. The predicted molar refractivity (Wildman–Crippen MR) is 79.7 cm³/mol. The first-order valence-corrected chi connectivity index (χ1v) is 7.40. The van der Waals surface area contributed by atoms with Gasteiger partial charge in [-0.3, -0.25) is 0 Å². The van der Waals surface area contributed by atoms with Crippen LogP contribution < -0.4 is 0 Å². The van der Waals surface area contributed by atoms with Gasteiger partial charge in [0.15, 0.2) is 0 Å². The first-order valence-electron chi connectivity index (χ1n) is 5.71. The van der Waals surface area contributed by atoms with E-state index in [-0.39, 0.29) is 4.20 Å². The molecule has 0 fully saturated rings. The summed E-state index contributed by atoms with van der Waals surface area (Å²) in [5.74, 6) is 0. The van der Waals surface area contributed by atoms with Gasteiger partial charge in [-0.25, -0.2) is 0 Å². The van der Waals surface area contributed by atoms with Crippen LogP contribution in [-0.2, 0) is 10.6 Å². The summed E-state index contributed by atoms with van der Waals surface area (Å²) in [7, 11) is 0. The molecule has 2 rings (SSSR count). The molecule has 2 aromatic carbocycles. The number of benzene rings is 2. The Morgan fingerprint density at radius 1 is 1.00 bits per heavy atom. The van der Waals surface area contributed by atoms with Gasteiger partial charge in [0.05, 0.1) is 0 Å². The van der Waals surface area contributed by atoms with E-state index in [9.17, 15) is 0 Å². The number of halogens is 2. The minimum atomic E-state index is -0.0252. The monoisotopic (exact) mass is 338 g/mol. The molecule has 0 aliphatic heterocycles. The topological polar surface area (TPSA) is 0 Å². The van der Waals surface area contributed by atoms with Gasteiger partial charge >= 0.3 is 127 Å². The Hall–Kier alpha value is -0.422. The standard InChI is InChI=1S/C15H13AsCl2/c1-15(16,10-11-5-3-2-4-6-11)12-7-8-13(17)14(18)9-12/h2-9H,10H2,1H3. The van der Waals surface area contributed by atoms with Gasteiger partial charge in [-0.05, 0) is 0 Å². The average Bonchev–Trinajstić information content (AvgIpc) is 2.33. The van der Waals surface area contributed by atoms with Crippen molar-refractivity contribution in [1.29, 1.82) is 0 Å². The molecule has 0 amide bonds. The molecule has 0 aromatic heterocycles. The van der Waals surface area contributed by atoms with Crippen LogP contribution in [-0.4, -0.2) is 16.9 Å². The molecule has 2 aromatic rings. The molecule has 0 bridgehead atoms. The summed E-state index contributed by atoms with van der Waals surface area (Å²) in [6.45, 7) is 2.19. The van der Waals surface area contributed by atoms with E-state index in [1.165, 1.54) is 11.1 Å². The Morgan fingerprint density at radius 3 is 2.28 bits per heavy atom. The second-order valence-electron chi connectivity index (χ2n) is 4.57. The summed E-state index contributed by atoms with van der Waals surface area (Å²) in [5, 5.41) is 1.21. The molecule has 1 unspecified atom stereocenters. The van der Waals surface area contributed by atoms with Crippen LogP contribution in [0.3, 0.4) is 0 Å². The molecule has 2 radical (unpaired) electrons. The number of rotatable bonds is 3. The van der Waals surface area contributed by atoms with Gasteiger partial charge in [0.1, 0.15) is 0 Å². The van der Waals surface area contributed by atoms with Crippen molar-refractivity contribution in [2.24, 2.45) is 0 Å². The van der Waals surface area contributed by atoms with E-state index in [0.29, 0.717) is 10.0 Å². The zero-order chi connectivity index (χ0) is 13.2. The van der Waals surface area contributed by atoms with Crippen molar-refractivity contribution in [3.05, 3.63) is 69.7 Å². The van der Waals surface area contributed by atoms with Gasteiger partial charge in [0.2, 0.25) is 0 Å². The van der Waals surface area contributed by atoms with Gasteiger partial charge in [0.25, 0.3) is 0 Å². The average molecular weight is 339 g/mol. The minimum absolute atomic E-state index is 0.0252. The van der Waals surface area contributed by atoms with Crippen LogP contribution in [0.1, 0.15) is 18.1 Å². The van der Waals surface area contributed by atoms with Crippen molar-refractivity contribution < 1.29 is 0 Å². The molecule has 1 atom stereocenters. The van der Waals surface area contributed by atoms with Crippen LogP contribution >= 0.6 is 23.2 Å². The van der Waals surface area contributed by atoms with E-state index in [1.807, 2.05) is 24.3 Å². The normalized spacial score (nSPS) is 14.2. The molecule has 0 heterocycles. The first kappa shape index (κ1) is 14.0. The molecule has 92 valence electrons. The van der Waals surface area contributed by atoms with Gasteiger partial charge in [-0.15, -0.1) is 0 Å². The molecule has 0 saturated heterocycles. The van der Waals surface area contributed by atoms with Gasteiger partial charge in [-0.1, -0.05) is 0 Å². The van der Waals surface area contributed by atoms with Crippen LogP contribution in [0.15, 0.2) is 48.5 Å². The fourth-order valence-electron chi connectivity index (χ4n) is 1.93. The van der Waals surface area contributed by atoms with Crippen LogP contribution in [0, 0.1) is 0 Å². The molecule has 0 saturated carbocycles. The maximum atomic E-state index is 6.08. The van der Waals surface area contributed by atoms with Crippen LogP contribution in [0.2, 0.25) is 10.0 Å². The Bertz CT molecular complexity index is 535. The fraction of sp³-hybridized carbons (Fsp3) is 0.200. The van der Waals surface area contributed by atoms with Crippen molar-refractivity contribution in [3.63, 3.8) is 0 Å². The van der Waals surface area contributed by atoms with E-state index in [4.69, 9.17) is 23.2 Å².